The van der Waals surface area contributed by atoms with Crippen molar-refractivity contribution in [1.29, 1.82) is 0 Å². The van der Waals surface area contributed by atoms with Crippen LogP contribution in [0.25, 0.3) is 0 Å². The number of aromatic hydroxyl groups is 2. The molecule has 9 heteroatoms. The lowest BCUT2D eigenvalue weighted by molar-refractivity contribution is 0.0596. The second kappa shape index (κ2) is 10.5. The third-order valence-electron chi connectivity index (χ3n) is 4.82. The fourth-order valence-corrected chi connectivity index (χ4v) is 3.34. The van der Waals surface area contributed by atoms with E-state index in [4.69, 9.17) is 16.3 Å². The van der Waals surface area contributed by atoms with Gasteiger partial charge in [0.2, 0.25) is 0 Å². The average Bonchev–Trinajstić information content (AvgIpc) is 2.82. The summed E-state index contributed by atoms with van der Waals surface area (Å²) in [5, 5.41) is 25.1. The maximum absolute atomic E-state index is 12.6. The summed E-state index contributed by atoms with van der Waals surface area (Å²) in [5.41, 5.74) is 1.27. The Balaban J connectivity index is 1.68. The molecule has 0 aliphatic carbocycles. The van der Waals surface area contributed by atoms with Crippen LogP contribution in [-0.4, -0.2) is 35.1 Å². The first-order valence-electron chi connectivity index (χ1n) is 9.83. The molecule has 0 heterocycles. The Morgan fingerprint density at radius 1 is 0.848 bits per heavy atom. The summed E-state index contributed by atoms with van der Waals surface area (Å²) in [6.45, 7) is 0.0909. The molecule has 0 aromatic heterocycles. The molecular formula is C24H21ClN2O6. The Hall–Kier alpha value is -4.04. The largest absolute Gasteiger partial charge is 0.508 e. The molecule has 0 saturated carbocycles. The van der Waals surface area contributed by atoms with Gasteiger partial charge in [0.1, 0.15) is 11.5 Å². The lowest BCUT2D eigenvalue weighted by Gasteiger charge is -2.13. The zero-order chi connectivity index (χ0) is 24.0. The van der Waals surface area contributed by atoms with Gasteiger partial charge in [-0.2, -0.15) is 0 Å². The highest BCUT2D eigenvalue weighted by Gasteiger charge is 2.19. The van der Waals surface area contributed by atoms with E-state index in [9.17, 15) is 24.6 Å². The highest BCUT2D eigenvalue weighted by atomic mass is 35.5. The molecule has 0 spiro atoms. The van der Waals surface area contributed by atoms with Crippen LogP contribution in [0.2, 0.25) is 5.02 Å². The predicted molar refractivity (Wildman–Crippen MR) is 121 cm³/mol. The Kier molecular flexibility index (Phi) is 7.53. The van der Waals surface area contributed by atoms with Crippen LogP contribution in [-0.2, 0) is 17.8 Å². The Morgan fingerprint density at radius 3 is 2.21 bits per heavy atom. The molecule has 0 aliphatic heterocycles. The van der Waals surface area contributed by atoms with Crippen molar-refractivity contribution in [2.24, 2.45) is 0 Å². The van der Waals surface area contributed by atoms with Gasteiger partial charge in [-0.1, -0.05) is 41.9 Å². The van der Waals surface area contributed by atoms with Crippen LogP contribution in [0.1, 0.15) is 42.2 Å². The average molecular weight is 469 g/mol. The van der Waals surface area contributed by atoms with Crippen molar-refractivity contribution in [2.75, 3.05) is 7.11 Å². The fourth-order valence-electron chi connectivity index (χ4n) is 3.11. The highest BCUT2D eigenvalue weighted by Crippen LogP contribution is 2.31. The van der Waals surface area contributed by atoms with Gasteiger partial charge >= 0.3 is 5.97 Å². The fraction of sp³-hybridized carbons (Fsp3) is 0.125. The zero-order valence-corrected chi connectivity index (χ0v) is 18.3. The van der Waals surface area contributed by atoms with Crippen LogP contribution in [0.15, 0.2) is 60.7 Å². The van der Waals surface area contributed by atoms with Crippen molar-refractivity contribution in [3.8, 4) is 11.5 Å². The van der Waals surface area contributed by atoms with Crippen molar-refractivity contribution in [3.63, 3.8) is 0 Å². The maximum atomic E-state index is 12.6. The molecule has 170 valence electrons. The lowest BCUT2D eigenvalue weighted by Crippen LogP contribution is -2.26. The van der Waals surface area contributed by atoms with E-state index in [2.05, 4.69) is 10.6 Å². The van der Waals surface area contributed by atoms with E-state index in [1.807, 2.05) is 0 Å². The molecule has 0 fully saturated rings. The van der Waals surface area contributed by atoms with Crippen LogP contribution < -0.4 is 10.6 Å². The summed E-state index contributed by atoms with van der Waals surface area (Å²) >= 11 is 6.23. The van der Waals surface area contributed by atoms with Gasteiger partial charge in [-0.3, -0.25) is 9.59 Å². The van der Waals surface area contributed by atoms with Crippen molar-refractivity contribution in [1.82, 2.24) is 10.6 Å². The normalized spacial score (nSPS) is 10.4. The summed E-state index contributed by atoms with van der Waals surface area (Å²) in [6.07, 6.45) is 0. The van der Waals surface area contributed by atoms with Crippen LogP contribution >= 0.6 is 11.6 Å². The molecular weight excluding hydrogens is 448 g/mol. The van der Waals surface area contributed by atoms with Gasteiger partial charge in [0.05, 0.1) is 28.8 Å². The van der Waals surface area contributed by atoms with E-state index in [0.717, 1.165) is 0 Å². The van der Waals surface area contributed by atoms with Gasteiger partial charge in [-0.25, -0.2) is 4.79 Å². The number of benzene rings is 3. The Labute approximate surface area is 194 Å². The molecule has 8 nitrogen and oxygen atoms in total. The molecule has 3 rings (SSSR count). The molecule has 2 amide bonds. The van der Waals surface area contributed by atoms with Gasteiger partial charge < -0.3 is 25.6 Å². The van der Waals surface area contributed by atoms with E-state index in [1.54, 1.807) is 24.3 Å². The number of amides is 2. The zero-order valence-electron chi connectivity index (χ0n) is 17.6. The van der Waals surface area contributed by atoms with Crippen LogP contribution in [0, 0.1) is 0 Å². The van der Waals surface area contributed by atoms with Gasteiger partial charge in [-0.15, -0.1) is 0 Å². The van der Waals surface area contributed by atoms with Crippen molar-refractivity contribution in [2.45, 2.75) is 13.1 Å². The molecule has 0 unspecified atom stereocenters. The van der Waals surface area contributed by atoms with Crippen molar-refractivity contribution in [3.05, 3.63) is 93.5 Å². The third-order valence-corrected chi connectivity index (χ3v) is 5.24. The topological polar surface area (TPSA) is 125 Å². The Morgan fingerprint density at radius 2 is 1.52 bits per heavy atom. The summed E-state index contributed by atoms with van der Waals surface area (Å²) in [7, 11) is 1.22. The summed E-state index contributed by atoms with van der Waals surface area (Å²) < 4.78 is 4.69. The first-order valence-corrected chi connectivity index (χ1v) is 10.2. The molecule has 0 bridgehead atoms. The van der Waals surface area contributed by atoms with Gasteiger partial charge in [0.15, 0.2) is 0 Å². The number of phenolic OH excluding ortho intramolecular Hbond substituents is 2. The monoisotopic (exact) mass is 468 g/mol. The molecule has 3 aromatic carbocycles. The number of hydrogen-bond acceptors (Lipinski definition) is 6. The smallest absolute Gasteiger partial charge is 0.338 e. The quantitative estimate of drug-likeness (QED) is 0.394. The predicted octanol–water partition coefficient (Wildman–Crippen LogP) is 3.40. The lowest BCUT2D eigenvalue weighted by atomic mass is 10.1. The van der Waals surface area contributed by atoms with Gasteiger partial charge in [0.25, 0.3) is 11.8 Å². The van der Waals surface area contributed by atoms with Crippen LogP contribution in [0.3, 0.4) is 0 Å². The summed E-state index contributed by atoms with van der Waals surface area (Å²) in [6, 6.07) is 15.5. The number of carbonyl (C=O) groups is 3. The van der Waals surface area contributed by atoms with Crippen LogP contribution in [0.4, 0.5) is 0 Å². The molecule has 3 aromatic rings. The first kappa shape index (κ1) is 23.6. The number of hydrogen-bond donors (Lipinski definition) is 4. The molecule has 0 aliphatic rings. The summed E-state index contributed by atoms with van der Waals surface area (Å²) in [4.78, 5) is 36.9. The SMILES string of the molecule is COC(=O)c1ccccc1C(=O)NCc1ccc(C(=O)NCc2cccc(O)c2)c(O)c1Cl. The molecule has 0 atom stereocenters. The Bertz CT molecular complexity index is 1210. The van der Waals surface area contributed by atoms with E-state index in [1.165, 1.54) is 43.5 Å². The van der Waals surface area contributed by atoms with E-state index < -0.39 is 23.5 Å². The minimum atomic E-state index is -0.641. The molecule has 33 heavy (non-hydrogen) atoms. The number of nitrogens with one attached hydrogen (secondary N) is 2. The number of rotatable bonds is 7. The third kappa shape index (κ3) is 5.61. The minimum absolute atomic E-state index is 0.0359. The van der Waals surface area contributed by atoms with Gasteiger partial charge in [0, 0.05) is 13.1 Å². The second-order valence-electron chi connectivity index (χ2n) is 7.01. The summed E-state index contributed by atoms with van der Waals surface area (Å²) in [5.74, 6) is -2.07. The standard InChI is InChI=1S/C24H21ClN2O6/c1-33-24(32)18-8-3-2-7-17(18)22(30)27-13-15-9-10-19(21(29)20(15)25)23(31)26-12-14-5-4-6-16(28)11-14/h2-11,28-29H,12-13H2,1H3,(H,26,31)(H,27,30). The maximum Gasteiger partial charge on any atom is 0.338 e. The van der Waals surface area contributed by atoms with E-state index in [-0.39, 0.29) is 40.6 Å². The molecule has 0 saturated heterocycles. The number of halogens is 1. The number of ether oxygens (including phenoxy) is 1. The van der Waals surface area contributed by atoms with E-state index >= 15 is 0 Å². The minimum Gasteiger partial charge on any atom is -0.508 e. The number of esters is 1. The van der Waals surface area contributed by atoms with E-state index in [0.29, 0.717) is 11.1 Å². The highest BCUT2D eigenvalue weighted by molar-refractivity contribution is 6.33. The first-order chi connectivity index (χ1) is 15.8. The number of phenols is 2. The number of carbonyl (C=O) groups excluding carboxylic acids is 3. The van der Waals surface area contributed by atoms with Crippen molar-refractivity contribution >= 4 is 29.4 Å². The molecule has 4 N–H and O–H groups in total. The molecule has 0 radical (unpaired) electrons. The van der Waals surface area contributed by atoms with Gasteiger partial charge in [-0.05, 0) is 41.5 Å². The second-order valence-corrected chi connectivity index (χ2v) is 7.39. The van der Waals surface area contributed by atoms with Crippen molar-refractivity contribution < 1.29 is 29.3 Å². The van der Waals surface area contributed by atoms with Crippen LogP contribution in [0.5, 0.6) is 11.5 Å². The number of methoxy groups -OCH3 is 1.